The molecule has 384 valence electrons. The molecule has 1 amide bonds. The Kier molecular flexibility index (Phi) is 20.8. The number of allylic oxidation sites excluding steroid dienone is 6. The number of piperidine rings is 1. The maximum Gasteiger partial charge on any atom is 0.329 e. The number of carbonyl (C=O) groups is 5. The summed E-state index contributed by atoms with van der Waals surface area (Å²) in [5, 5.41) is 35.7. The lowest BCUT2D eigenvalue weighted by Crippen LogP contribution is -2.61. The number of hydrogen-bond donors (Lipinski definition) is 2. The van der Waals surface area contributed by atoms with Crippen molar-refractivity contribution in [3.8, 4) is 0 Å². The normalized spacial score (nSPS) is 38.8. The number of ketones is 3. The van der Waals surface area contributed by atoms with Gasteiger partial charge in [0.1, 0.15) is 30.1 Å². The number of amides is 1. The molecule has 3 fully saturated rings. The molecule has 2 saturated heterocycles. The Labute approximate surface area is 408 Å². The van der Waals surface area contributed by atoms with Crippen LogP contribution in [0.25, 0.3) is 0 Å². The summed E-state index contributed by atoms with van der Waals surface area (Å²) in [7, 11) is 4.61. The van der Waals surface area contributed by atoms with Gasteiger partial charge in [0, 0.05) is 58.5 Å². The van der Waals surface area contributed by atoms with Gasteiger partial charge in [-0.1, -0.05) is 71.1 Å². The number of aliphatic hydroxyl groups is 2. The van der Waals surface area contributed by atoms with Crippen LogP contribution in [0.5, 0.6) is 0 Å². The molecule has 0 radical (unpaired) electrons. The molecule has 4 aliphatic rings. The molecule has 15 atom stereocenters. The Morgan fingerprint density at radius 3 is 2.32 bits per heavy atom. The van der Waals surface area contributed by atoms with Crippen LogP contribution in [0.1, 0.15) is 132 Å². The highest BCUT2D eigenvalue weighted by Gasteiger charge is 2.53. The summed E-state index contributed by atoms with van der Waals surface area (Å²) >= 11 is 0. The lowest BCUT2D eigenvalue weighted by Gasteiger charge is -2.42. The fourth-order valence-electron chi connectivity index (χ4n) is 10.7. The van der Waals surface area contributed by atoms with Crippen LogP contribution >= 0.6 is 0 Å². The van der Waals surface area contributed by atoms with Crippen molar-refractivity contribution in [3.63, 3.8) is 0 Å². The minimum absolute atomic E-state index is 0.0168. The lowest BCUT2D eigenvalue weighted by atomic mass is 9.77. The zero-order valence-corrected chi connectivity index (χ0v) is 42.5. The highest BCUT2D eigenvalue weighted by atomic mass is 16.6. The Morgan fingerprint density at radius 1 is 0.884 bits per heavy atom. The topological polar surface area (TPSA) is 219 Å². The minimum Gasteiger partial charge on any atom is -0.460 e. The SMILES string of the molecule is COC1C[C@@H]2CC[C@@H](C)[C@@](O)(O2)C(=O)C(=O)N2CCCC[C@H]2C(=O)O[C@H]([C@H](C)C[C@@H]2CC[C@H](n3ncnn3)[C@H](OC)C2)CC(=O)[C@H](C)/C=C(\C)[C@@H](O)C(OC)C(=O)[C@H](C)C[C@H](C)/C=C/C=C/C=C/1C. The Bertz CT molecular complexity index is 2020. The molecule has 2 unspecified atom stereocenters. The number of fused-ring (bicyclic) bond motifs is 3. The fourth-order valence-corrected chi connectivity index (χ4v) is 10.7. The molecule has 1 saturated carbocycles. The van der Waals surface area contributed by atoms with Gasteiger partial charge in [0.15, 0.2) is 12.1 Å². The van der Waals surface area contributed by atoms with Gasteiger partial charge >= 0.3 is 5.97 Å². The van der Waals surface area contributed by atoms with Crippen molar-refractivity contribution in [2.75, 3.05) is 27.9 Å². The van der Waals surface area contributed by atoms with Crippen LogP contribution in [0.15, 0.2) is 53.9 Å². The summed E-state index contributed by atoms with van der Waals surface area (Å²) in [6.07, 6.45) is 13.7. The standard InChI is InChI=1S/C52H79N5O12/c1-31-16-12-11-13-17-32(2)43(65-8)28-39-21-19-37(7)52(64,69-39)49(61)50(62)56-23-15-14-18-41(56)51(63)68-44(34(4)26-38-20-22-40(45(27-38)66-9)57-54-30-53-55-57)29-42(58)33(3)25-36(6)47(60)48(67-10)46(59)35(5)24-31/h11-13,16-17,25,30-31,33-35,37-41,43-45,47-48,60,64H,14-15,18-24,26-29H2,1-10H3/b13-11+,16-12+,32-17+,36-25+/t31-,33-,34-,35-,37-,38+,39+,40+,41+,43?,44+,45-,47-,48?,52-/m1/s1. The van der Waals surface area contributed by atoms with E-state index in [9.17, 15) is 34.2 Å². The monoisotopic (exact) mass is 966 g/mol. The summed E-state index contributed by atoms with van der Waals surface area (Å²) in [4.78, 5) is 73.9. The van der Waals surface area contributed by atoms with E-state index < -0.39 is 77.8 Å². The molecule has 3 aliphatic heterocycles. The van der Waals surface area contributed by atoms with E-state index in [1.165, 1.54) is 18.3 Å². The van der Waals surface area contributed by atoms with E-state index in [4.69, 9.17) is 23.7 Å². The van der Waals surface area contributed by atoms with Gasteiger partial charge in [0.2, 0.25) is 5.79 Å². The molecule has 4 heterocycles. The first-order chi connectivity index (χ1) is 32.8. The average Bonchev–Trinajstić information content (AvgIpc) is 3.88. The Hall–Kier alpha value is -4.26. The summed E-state index contributed by atoms with van der Waals surface area (Å²) in [5.41, 5.74) is 1.27. The van der Waals surface area contributed by atoms with Gasteiger partial charge in [-0.15, -0.1) is 10.2 Å². The second kappa shape index (κ2) is 25.7. The van der Waals surface area contributed by atoms with Crippen LogP contribution in [0.2, 0.25) is 0 Å². The van der Waals surface area contributed by atoms with E-state index in [1.54, 1.807) is 45.9 Å². The van der Waals surface area contributed by atoms with E-state index in [2.05, 4.69) is 15.4 Å². The summed E-state index contributed by atoms with van der Waals surface area (Å²) in [5.74, 6) is -7.94. The van der Waals surface area contributed by atoms with E-state index in [1.807, 2.05) is 58.1 Å². The average molecular weight is 966 g/mol. The lowest BCUT2D eigenvalue weighted by molar-refractivity contribution is -0.265. The van der Waals surface area contributed by atoms with Gasteiger partial charge in [-0.3, -0.25) is 19.2 Å². The number of ether oxygens (including phenoxy) is 5. The highest BCUT2D eigenvalue weighted by Crippen LogP contribution is 2.39. The number of aromatic nitrogens is 4. The van der Waals surface area contributed by atoms with Gasteiger partial charge < -0.3 is 38.8 Å². The van der Waals surface area contributed by atoms with Crippen LogP contribution in [0.4, 0.5) is 0 Å². The molecule has 2 N–H and O–H groups in total. The van der Waals surface area contributed by atoms with E-state index >= 15 is 0 Å². The van der Waals surface area contributed by atoms with Crippen molar-refractivity contribution in [2.45, 2.75) is 180 Å². The molecule has 0 spiro atoms. The first kappa shape index (κ1) is 55.7. The van der Waals surface area contributed by atoms with Crippen molar-refractivity contribution in [1.29, 1.82) is 0 Å². The first-order valence-corrected chi connectivity index (χ1v) is 25.0. The van der Waals surface area contributed by atoms with Gasteiger partial charge in [-0.2, -0.15) is 4.80 Å². The van der Waals surface area contributed by atoms with Crippen molar-refractivity contribution < 1.29 is 57.9 Å². The molecule has 17 nitrogen and oxygen atoms in total. The third-order valence-electron chi connectivity index (χ3n) is 15.1. The van der Waals surface area contributed by atoms with E-state index in [-0.39, 0.29) is 60.9 Å². The maximum atomic E-state index is 14.5. The van der Waals surface area contributed by atoms with Crippen LogP contribution in [0, 0.1) is 35.5 Å². The first-order valence-electron chi connectivity index (χ1n) is 25.0. The van der Waals surface area contributed by atoms with Crippen LogP contribution < -0.4 is 0 Å². The number of tetrazole rings is 1. The van der Waals surface area contributed by atoms with Crippen LogP contribution in [0.3, 0.4) is 0 Å². The van der Waals surface area contributed by atoms with Crippen LogP contribution in [-0.2, 0) is 47.7 Å². The fraction of sp³-hybridized carbons (Fsp3) is 0.731. The van der Waals surface area contributed by atoms with Crippen molar-refractivity contribution in [3.05, 3.63) is 53.9 Å². The van der Waals surface area contributed by atoms with Crippen molar-refractivity contribution in [1.82, 2.24) is 25.1 Å². The quantitative estimate of drug-likeness (QED) is 0.181. The van der Waals surface area contributed by atoms with E-state index in [0.29, 0.717) is 56.9 Å². The summed E-state index contributed by atoms with van der Waals surface area (Å²) < 4.78 is 29.9. The molecule has 2 bridgehead atoms. The molecule has 1 aliphatic carbocycles. The number of esters is 1. The number of cyclic esters (lactones) is 1. The predicted molar refractivity (Wildman–Crippen MR) is 256 cm³/mol. The number of hydrogen-bond acceptors (Lipinski definition) is 15. The molecule has 17 heteroatoms. The zero-order valence-electron chi connectivity index (χ0n) is 42.5. The van der Waals surface area contributed by atoms with Gasteiger partial charge in [-0.05, 0) is 112 Å². The number of rotatable bonds is 7. The van der Waals surface area contributed by atoms with Crippen molar-refractivity contribution in [2.24, 2.45) is 35.5 Å². The van der Waals surface area contributed by atoms with Gasteiger partial charge in [-0.25, -0.2) is 4.79 Å². The second-order valence-electron chi connectivity index (χ2n) is 20.3. The maximum absolute atomic E-state index is 14.5. The molecule has 1 aromatic heterocycles. The van der Waals surface area contributed by atoms with Crippen LogP contribution in [-0.4, -0.2) is 141 Å². The smallest absolute Gasteiger partial charge is 0.329 e. The second-order valence-corrected chi connectivity index (χ2v) is 20.3. The molecule has 1 aromatic rings. The molecule has 5 rings (SSSR count). The van der Waals surface area contributed by atoms with Gasteiger partial charge in [0.05, 0.1) is 24.4 Å². The molecular weight excluding hydrogens is 887 g/mol. The number of aliphatic hydroxyl groups excluding tert-OH is 1. The van der Waals surface area contributed by atoms with Crippen molar-refractivity contribution >= 4 is 29.2 Å². The largest absolute Gasteiger partial charge is 0.460 e. The Morgan fingerprint density at radius 2 is 1.64 bits per heavy atom. The molecule has 69 heavy (non-hydrogen) atoms. The van der Waals surface area contributed by atoms with E-state index in [0.717, 1.165) is 18.4 Å². The van der Waals surface area contributed by atoms with Gasteiger partial charge in [0.25, 0.3) is 11.7 Å². The molecular formula is C52H79N5O12. The number of methoxy groups -OCH3 is 3. The molecule has 0 aromatic carbocycles. The Balaban J connectivity index is 1.46. The zero-order chi connectivity index (χ0) is 50.6. The number of carbonyl (C=O) groups excluding carboxylic acids is 5. The summed E-state index contributed by atoms with van der Waals surface area (Å²) in [6.45, 7) is 12.8. The predicted octanol–water partition coefficient (Wildman–Crippen LogP) is 6.05. The third-order valence-corrected chi connectivity index (χ3v) is 15.1. The number of nitrogens with zero attached hydrogens (tertiary/aromatic N) is 5. The number of Topliss-reactive ketones (excluding diaryl/α,β-unsaturated/α-hetero) is 3. The summed E-state index contributed by atoms with van der Waals surface area (Å²) in [6, 6.07) is -1.24. The minimum atomic E-state index is -2.43. The third kappa shape index (κ3) is 14.2. The highest BCUT2D eigenvalue weighted by molar-refractivity contribution is 6.39.